The molecule has 1 aliphatic heterocycles. The average molecular weight is 264 g/mol. The second-order valence-corrected chi connectivity index (χ2v) is 4.93. The molecule has 1 fully saturated rings. The third kappa shape index (κ3) is 3.47. The van der Waals surface area contributed by atoms with Gasteiger partial charge in [0.15, 0.2) is 0 Å². The van der Waals surface area contributed by atoms with E-state index in [-0.39, 0.29) is 0 Å². The van der Waals surface area contributed by atoms with Crippen molar-refractivity contribution in [1.82, 2.24) is 4.90 Å². The smallest absolute Gasteiger partial charge is 0.122 e. The molecule has 1 aromatic carbocycles. The summed E-state index contributed by atoms with van der Waals surface area (Å²) in [4.78, 5) is 2.41. The van der Waals surface area contributed by atoms with Gasteiger partial charge in [0.2, 0.25) is 0 Å². The van der Waals surface area contributed by atoms with Gasteiger partial charge in [-0.25, -0.2) is 0 Å². The number of ether oxygens (including phenoxy) is 2. The van der Waals surface area contributed by atoms with Gasteiger partial charge in [0.1, 0.15) is 5.75 Å². The van der Waals surface area contributed by atoms with E-state index >= 15 is 0 Å². The van der Waals surface area contributed by atoms with Crippen LogP contribution in [0.25, 0.3) is 0 Å². The molecule has 0 spiro atoms. The molecule has 0 saturated carbocycles. The molecular formula is C15H24N2O2. The van der Waals surface area contributed by atoms with Crippen molar-refractivity contribution in [2.75, 3.05) is 33.4 Å². The predicted octanol–water partition coefficient (Wildman–Crippen LogP) is 1.42. The Morgan fingerprint density at radius 3 is 3.00 bits per heavy atom. The first kappa shape index (κ1) is 14.3. The third-order valence-electron chi connectivity index (χ3n) is 3.73. The lowest BCUT2D eigenvalue weighted by Gasteiger charge is -2.34. The van der Waals surface area contributed by atoms with Crippen LogP contribution in [0.4, 0.5) is 0 Å². The van der Waals surface area contributed by atoms with E-state index < -0.39 is 0 Å². The maximum atomic E-state index is 5.81. The van der Waals surface area contributed by atoms with Crippen LogP contribution in [0.15, 0.2) is 18.2 Å². The Hall–Kier alpha value is -1.10. The number of hydrogen-bond donors (Lipinski definition) is 1. The van der Waals surface area contributed by atoms with Gasteiger partial charge in [0.25, 0.3) is 0 Å². The van der Waals surface area contributed by atoms with Gasteiger partial charge in [-0.2, -0.15) is 0 Å². The molecule has 1 aromatic rings. The summed E-state index contributed by atoms with van der Waals surface area (Å²) in [5, 5.41) is 0. The Labute approximate surface area is 115 Å². The molecule has 0 bridgehead atoms. The fourth-order valence-corrected chi connectivity index (χ4v) is 2.56. The van der Waals surface area contributed by atoms with Crippen molar-refractivity contribution in [2.45, 2.75) is 25.9 Å². The van der Waals surface area contributed by atoms with Crippen LogP contribution in [-0.4, -0.2) is 44.4 Å². The van der Waals surface area contributed by atoms with E-state index in [2.05, 4.69) is 30.0 Å². The van der Waals surface area contributed by atoms with Gasteiger partial charge in [0, 0.05) is 25.7 Å². The number of hydrogen-bond acceptors (Lipinski definition) is 4. The van der Waals surface area contributed by atoms with E-state index in [1.54, 1.807) is 7.11 Å². The minimum absolute atomic E-state index is 0.334. The first-order chi connectivity index (χ1) is 9.28. The summed E-state index contributed by atoms with van der Waals surface area (Å²) in [5.74, 6) is 0.976. The summed E-state index contributed by atoms with van der Waals surface area (Å²) in [7, 11) is 1.72. The molecule has 1 heterocycles. The standard InChI is InChI=1S/C15H24N2O2/c1-3-13-8-12(4-5-15(13)18-2)10-17-6-7-19-11-14(17)9-16/h4-5,8,14H,3,6-7,9-11,16H2,1-2H3. The zero-order valence-electron chi connectivity index (χ0n) is 11.9. The first-order valence-corrected chi connectivity index (χ1v) is 6.96. The van der Waals surface area contributed by atoms with Crippen LogP contribution >= 0.6 is 0 Å². The summed E-state index contributed by atoms with van der Waals surface area (Å²) >= 11 is 0. The van der Waals surface area contributed by atoms with Crippen LogP contribution in [0.1, 0.15) is 18.1 Å². The van der Waals surface area contributed by atoms with E-state index in [9.17, 15) is 0 Å². The van der Waals surface area contributed by atoms with Crippen LogP contribution in [-0.2, 0) is 17.7 Å². The zero-order valence-corrected chi connectivity index (χ0v) is 11.9. The van der Waals surface area contributed by atoms with Crippen molar-refractivity contribution in [3.05, 3.63) is 29.3 Å². The van der Waals surface area contributed by atoms with Crippen LogP contribution in [0, 0.1) is 0 Å². The van der Waals surface area contributed by atoms with Crippen molar-refractivity contribution in [2.24, 2.45) is 5.73 Å². The molecule has 2 rings (SSSR count). The highest BCUT2D eigenvalue weighted by molar-refractivity contribution is 5.37. The minimum Gasteiger partial charge on any atom is -0.496 e. The number of nitrogens with two attached hydrogens (primary N) is 1. The van der Waals surface area contributed by atoms with Gasteiger partial charge in [0.05, 0.1) is 20.3 Å². The highest BCUT2D eigenvalue weighted by Gasteiger charge is 2.21. The molecule has 106 valence electrons. The normalized spacial score (nSPS) is 20.5. The predicted molar refractivity (Wildman–Crippen MR) is 76.4 cm³/mol. The van der Waals surface area contributed by atoms with E-state index in [1.165, 1.54) is 11.1 Å². The molecule has 0 amide bonds. The second kappa shape index (κ2) is 6.89. The first-order valence-electron chi connectivity index (χ1n) is 6.96. The van der Waals surface area contributed by atoms with E-state index in [1.807, 2.05) is 0 Å². The molecule has 2 N–H and O–H groups in total. The molecule has 19 heavy (non-hydrogen) atoms. The van der Waals surface area contributed by atoms with E-state index in [0.717, 1.165) is 38.5 Å². The number of benzene rings is 1. The Morgan fingerprint density at radius 2 is 2.32 bits per heavy atom. The van der Waals surface area contributed by atoms with Crippen molar-refractivity contribution in [3.63, 3.8) is 0 Å². The SMILES string of the molecule is CCc1cc(CN2CCOCC2CN)ccc1OC. The summed E-state index contributed by atoms with van der Waals surface area (Å²) in [5.41, 5.74) is 8.39. The van der Waals surface area contributed by atoms with Gasteiger partial charge in [-0.3, -0.25) is 4.90 Å². The molecule has 1 unspecified atom stereocenters. The largest absolute Gasteiger partial charge is 0.496 e. The molecule has 1 saturated heterocycles. The topological polar surface area (TPSA) is 47.7 Å². The van der Waals surface area contributed by atoms with Crippen LogP contribution in [0.2, 0.25) is 0 Å². The van der Waals surface area contributed by atoms with Gasteiger partial charge in [-0.15, -0.1) is 0 Å². The molecule has 1 aliphatic rings. The Bertz CT molecular complexity index is 409. The Morgan fingerprint density at radius 1 is 1.47 bits per heavy atom. The third-order valence-corrected chi connectivity index (χ3v) is 3.73. The Kier molecular flexibility index (Phi) is 5.19. The molecule has 0 radical (unpaired) electrons. The monoisotopic (exact) mass is 264 g/mol. The quantitative estimate of drug-likeness (QED) is 0.873. The molecule has 1 atom stereocenters. The molecule has 0 aromatic heterocycles. The lowest BCUT2D eigenvalue weighted by atomic mass is 10.1. The summed E-state index contributed by atoms with van der Waals surface area (Å²) in [6.07, 6.45) is 0.987. The summed E-state index contributed by atoms with van der Waals surface area (Å²) < 4.78 is 10.9. The summed E-state index contributed by atoms with van der Waals surface area (Å²) in [6, 6.07) is 6.77. The lowest BCUT2D eigenvalue weighted by Crippen LogP contribution is -2.48. The maximum Gasteiger partial charge on any atom is 0.122 e. The van der Waals surface area contributed by atoms with Gasteiger partial charge in [-0.05, 0) is 23.6 Å². The number of morpholine rings is 1. The van der Waals surface area contributed by atoms with Crippen molar-refractivity contribution >= 4 is 0 Å². The van der Waals surface area contributed by atoms with Crippen molar-refractivity contribution in [3.8, 4) is 5.75 Å². The molecular weight excluding hydrogens is 240 g/mol. The number of rotatable bonds is 5. The minimum atomic E-state index is 0.334. The summed E-state index contributed by atoms with van der Waals surface area (Å²) in [6.45, 7) is 6.23. The van der Waals surface area contributed by atoms with Gasteiger partial charge in [-0.1, -0.05) is 19.1 Å². The number of nitrogens with zero attached hydrogens (tertiary/aromatic N) is 1. The highest BCUT2D eigenvalue weighted by atomic mass is 16.5. The molecule has 4 heteroatoms. The van der Waals surface area contributed by atoms with Gasteiger partial charge >= 0.3 is 0 Å². The lowest BCUT2D eigenvalue weighted by molar-refractivity contribution is -0.00793. The average Bonchev–Trinajstić information content (AvgIpc) is 2.47. The van der Waals surface area contributed by atoms with Crippen molar-refractivity contribution in [1.29, 1.82) is 0 Å². The van der Waals surface area contributed by atoms with Crippen LogP contribution in [0.5, 0.6) is 5.75 Å². The maximum absolute atomic E-state index is 5.81. The zero-order chi connectivity index (χ0) is 13.7. The number of methoxy groups -OCH3 is 1. The van der Waals surface area contributed by atoms with E-state index in [0.29, 0.717) is 12.6 Å². The Balaban J connectivity index is 2.09. The fourth-order valence-electron chi connectivity index (χ4n) is 2.56. The van der Waals surface area contributed by atoms with Crippen LogP contribution in [0.3, 0.4) is 0 Å². The van der Waals surface area contributed by atoms with Crippen LogP contribution < -0.4 is 10.5 Å². The molecule has 0 aliphatic carbocycles. The van der Waals surface area contributed by atoms with Crippen molar-refractivity contribution < 1.29 is 9.47 Å². The number of aryl methyl sites for hydroxylation is 1. The highest BCUT2D eigenvalue weighted by Crippen LogP contribution is 2.22. The fraction of sp³-hybridized carbons (Fsp3) is 0.600. The molecule has 4 nitrogen and oxygen atoms in total. The van der Waals surface area contributed by atoms with E-state index in [4.69, 9.17) is 15.2 Å². The second-order valence-electron chi connectivity index (χ2n) is 4.93. The van der Waals surface area contributed by atoms with Gasteiger partial charge < -0.3 is 15.2 Å².